The third-order valence-electron chi connectivity index (χ3n) is 2.61. The molecule has 0 aliphatic rings. The summed E-state index contributed by atoms with van der Waals surface area (Å²) in [7, 11) is 1.71. The topological polar surface area (TPSA) is 33.3 Å². The Morgan fingerprint density at radius 2 is 1.88 bits per heavy atom. The number of likely N-dealkylation sites (N-methyl/N-ethyl adjacent to an activating group) is 1. The van der Waals surface area contributed by atoms with Gasteiger partial charge in [0.15, 0.2) is 0 Å². The van der Waals surface area contributed by atoms with E-state index in [4.69, 9.17) is 4.74 Å². The van der Waals surface area contributed by atoms with Crippen molar-refractivity contribution in [3.8, 4) is 5.75 Å². The standard InChI is InChI=1S/C13H22N2O/c1-5-14-6-7-15-12-8-11(3)13(16-4)9-10(12)2/h8-9,14-15H,5-7H2,1-4H3. The van der Waals surface area contributed by atoms with E-state index in [0.717, 1.165) is 25.4 Å². The Labute approximate surface area is 98.2 Å². The van der Waals surface area contributed by atoms with Crippen LogP contribution in [0.25, 0.3) is 0 Å². The fourth-order valence-electron chi connectivity index (χ4n) is 1.66. The molecule has 0 spiro atoms. The molecule has 3 nitrogen and oxygen atoms in total. The van der Waals surface area contributed by atoms with Crippen LogP contribution in [0.3, 0.4) is 0 Å². The zero-order valence-electron chi connectivity index (χ0n) is 10.7. The molecule has 0 heterocycles. The lowest BCUT2D eigenvalue weighted by atomic mass is 10.1. The minimum atomic E-state index is 0.945. The molecule has 1 aromatic carbocycles. The third kappa shape index (κ3) is 3.42. The van der Waals surface area contributed by atoms with Gasteiger partial charge in [-0.2, -0.15) is 0 Å². The Bertz CT molecular complexity index is 337. The van der Waals surface area contributed by atoms with Crippen LogP contribution < -0.4 is 15.4 Å². The van der Waals surface area contributed by atoms with Crippen LogP contribution in [0.4, 0.5) is 5.69 Å². The highest BCUT2D eigenvalue weighted by Gasteiger charge is 2.03. The number of methoxy groups -OCH3 is 1. The van der Waals surface area contributed by atoms with Crippen LogP contribution in [0.15, 0.2) is 12.1 Å². The van der Waals surface area contributed by atoms with Crippen LogP contribution >= 0.6 is 0 Å². The van der Waals surface area contributed by atoms with Crippen molar-refractivity contribution in [2.24, 2.45) is 0 Å². The highest BCUT2D eigenvalue weighted by Crippen LogP contribution is 2.25. The second kappa shape index (κ2) is 6.38. The second-order valence-corrected chi connectivity index (χ2v) is 3.92. The van der Waals surface area contributed by atoms with E-state index in [2.05, 4.69) is 43.5 Å². The molecule has 0 fully saturated rings. The Balaban J connectivity index is 2.63. The van der Waals surface area contributed by atoms with E-state index < -0.39 is 0 Å². The van der Waals surface area contributed by atoms with Crippen LogP contribution in [-0.4, -0.2) is 26.7 Å². The maximum Gasteiger partial charge on any atom is 0.122 e. The number of rotatable bonds is 6. The van der Waals surface area contributed by atoms with Crippen molar-refractivity contribution in [2.45, 2.75) is 20.8 Å². The molecule has 0 saturated carbocycles. The number of hydrogen-bond donors (Lipinski definition) is 2. The summed E-state index contributed by atoms with van der Waals surface area (Å²) in [4.78, 5) is 0. The second-order valence-electron chi connectivity index (χ2n) is 3.92. The van der Waals surface area contributed by atoms with Crippen molar-refractivity contribution >= 4 is 5.69 Å². The van der Waals surface area contributed by atoms with Gasteiger partial charge in [0.25, 0.3) is 0 Å². The zero-order valence-corrected chi connectivity index (χ0v) is 10.7. The summed E-state index contributed by atoms with van der Waals surface area (Å²) in [6, 6.07) is 4.21. The maximum absolute atomic E-state index is 5.28. The molecule has 16 heavy (non-hydrogen) atoms. The van der Waals surface area contributed by atoms with E-state index in [1.165, 1.54) is 16.8 Å². The smallest absolute Gasteiger partial charge is 0.122 e. The maximum atomic E-state index is 5.28. The van der Waals surface area contributed by atoms with Crippen LogP contribution in [0.1, 0.15) is 18.1 Å². The molecular formula is C13H22N2O. The highest BCUT2D eigenvalue weighted by atomic mass is 16.5. The predicted molar refractivity (Wildman–Crippen MR) is 69.5 cm³/mol. The minimum Gasteiger partial charge on any atom is -0.496 e. The summed E-state index contributed by atoms with van der Waals surface area (Å²) in [6.07, 6.45) is 0. The lowest BCUT2D eigenvalue weighted by molar-refractivity contribution is 0.411. The number of hydrogen-bond acceptors (Lipinski definition) is 3. The van der Waals surface area contributed by atoms with E-state index in [-0.39, 0.29) is 0 Å². The Morgan fingerprint density at radius 1 is 1.12 bits per heavy atom. The van der Waals surface area contributed by atoms with Gasteiger partial charge >= 0.3 is 0 Å². The van der Waals surface area contributed by atoms with E-state index >= 15 is 0 Å². The summed E-state index contributed by atoms with van der Waals surface area (Å²) < 4.78 is 5.28. The Hall–Kier alpha value is -1.22. The lowest BCUT2D eigenvalue weighted by Crippen LogP contribution is -2.21. The minimum absolute atomic E-state index is 0.945. The van der Waals surface area contributed by atoms with Gasteiger partial charge in [0.2, 0.25) is 0 Å². The van der Waals surface area contributed by atoms with Crippen LogP contribution in [0, 0.1) is 13.8 Å². The summed E-state index contributed by atoms with van der Waals surface area (Å²) in [5.74, 6) is 0.953. The molecule has 0 radical (unpaired) electrons. The van der Waals surface area contributed by atoms with Crippen molar-refractivity contribution in [2.75, 3.05) is 32.1 Å². The van der Waals surface area contributed by atoms with E-state index in [9.17, 15) is 0 Å². The first-order valence-electron chi connectivity index (χ1n) is 5.78. The summed E-state index contributed by atoms with van der Waals surface area (Å²) >= 11 is 0. The Morgan fingerprint density at radius 3 is 2.50 bits per heavy atom. The number of ether oxygens (including phenoxy) is 1. The molecule has 0 amide bonds. The average molecular weight is 222 g/mol. The van der Waals surface area contributed by atoms with Crippen molar-refractivity contribution in [3.63, 3.8) is 0 Å². The number of anilines is 1. The molecule has 1 rings (SSSR count). The first-order valence-corrected chi connectivity index (χ1v) is 5.78. The molecule has 0 unspecified atom stereocenters. The first kappa shape index (κ1) is 12.8. The summed E-state index contributed by atoms with van der Waals surface area (Å²) in [5, 5.41) is 6.71. The van der Waals surface area contributed by atoms with Crippen molar-refractivity contribution < 1.29 is 4.74 Å². The normalized spacial score (nSPS) is 10.2. The van der Waals surface area contributed by atoms with Gasteiger partial charge in [-0.15, -0.1) is 0 Å². The molecule has 1 aromatic rings. The van der Waals surface area contributed by atoms with Gasteiger partial charge < -0.3 is 15.4 Å². The average Bonchev–Trinajstić information content (AvgIpc) is 2.28. The van der Waals surface area contributed by atoms with E-state index in [1.54, 1.807) is 7.11 Å². The van der Waals surface area contributed by atoms with E-state index in [0.29, 0.717) is 0 Å². The molecule has 90 valence electrons. The number of nitrogens with one attached hydrogen (secondary N) is 2. The summed E-state index contributed by atoms with van der Waals surface area (Å²) in [5.41, 5.74) is 3.58. The van der Waals surface area contributed by atoms with Gasteiger partial charge in [-0.05, 0) is 43.7 Å². The van der Waals surface area contributed by atoms with Gasteiger partial charge in [-0.1, -0.05) is 6.92 Å². The SMILES string of the molecule is CCNCCNc1cc(C)c(OC)cc1C. The zero-order chi connectivity index (χ0) is 12.0. The van der Waals surface area contributed by atoms with Crippen LogP contribution in [0.5, 0.6) is 5.75 Å². The van der Waals surface area contributed by atoms with Crippen LogP contribution in [-0.2, 0) is 0 Å². The van der Waals surface area contributed by atoms with Crippen LogP contribution in [0.2, 0.25) is 0 Å². The number of aryl methyl sites for hydroxylation is 2. The van der Waals surface area contributed by atoms with Gasteiger partial charge in [-0.3, -0.25) is 0 Å². The molecule has 0 aromatic heterocycles. The largest absolute Gasteiger partial charge is 0.496 e. The Kier molecular flexibility index (Phi) is 5.12. The fraction of sp³-hybridized carbons (Fsp3) is 0.538. The van der Waals surface area contributed by atoms with E-state index in [1.807, 2.05) is 0 Å². The van der Waals surface area contributed by atoms with Gasteiger partial charge in [-0.25, -0.2) is 0 Å². The fourth-order valence-corrected chi connectivity index (χ4v) is 1.66. The summed E-state index contributed by atoms with van der Waals surface area (Å²) in [6.45, 7) is 9.22. The van der Waals surface area contributed by atoms with Gasteiger partial charge in [0, 0.05) is 18.8 Å². The van der Waals surface area contributed by atoms with Crippen molar-refractivity contribution in [1.29, 1.82) is 0 Å². The lowest BCUT2D eigenvalue weighted by Gasteiger charge is -2.13. The number of benzene rings is 1. The predicted octanol–water partition coefficient (Wildman–Crippen LogP) is 2.33. The monoisotopic (exact) mass is 222 g/mol. The molecular weight excluding hydrogens is 200 g/mol. The van der Waals surface area contributed by atoms with Crippen molar-refractivity contribution in [3.05, 3.63) is 23.3 Å². The molecule has 0 aliphatic carbocycles. The first-order chi connectivity index (χ1) is 7.69. The van der Waals surface area contributed by atoms with Gasteiger partial charge in [0.1, 0.15) is 5.75 Å². The molecule has 2 N–H and O–H groups in total. The molecule has 0 aliphatic heterocycles. The molecule has 0 atom stereocenters. The molecule has 3 heteroatoms. The van der Waals surface area contributed by atoms with Crippen molar-refractivity contribution in [1.82, 2.24) is 5.32 Å². The molecule has 0 bridgehead atoms. The van der Waals surface area contributed by atoms with Gasteiger partial charge in [0.05, 0.1) is 7.11 Å². The highest BCUT2D eigenvalue weighted by molar-refractivity contribution is 5.56. The third-order valence-corrected chi connectivity index (χ3v) is 2.61. The quantitative estimate of drug-likeness (QED) is 0.725. The molecule has 0 saturated heterocycles.